The van der Waals surface area contributed by atoms with E-state index in [9.17, 15) is 5.26 Å². The first kappa shape index (κ1) is 11.9. The molecule has 0 radical (unpaired) electrons. The van der Waals surface area contributed by atoms with E-state index in [0.717, 1.165) is 18.9 Å². The first-order valence-electron chi connectivity index (χ1n) is 6.49. The lowest BCUT2D eigenvalue weighted by atomic mass is 9.99. The van der Waals surface area contributed by atoms with Gasteiger partial charge in [-0.25, -0.2) is 0 Å². The Labute approximate surface area is 98.8 Å². The van der Waals surface area contributed by atoms with Gasteiger partial charge in [0, 0.05) is 19.1 Å². The summed E-state index contributed by atoms with van der Waals surface area (Å²) in [5, 5.41) is 12.7. The van der Waals surface area contributed by atoms with E-state index in [2.05, 4.69) is 23.3 Å². The molecular weight excluding hydrogens is 198 g/mol. The van der Waals surface area contributed by atoms with Gasteiger partial charge in [-0.15, -0.1) is 0 Å². The monoisotopic (exact) mass is 221 g/mol. The lowest BCUT2D eigenvalue weighted by Crippen LogP contribution is -2.44. The lowest BCUT2D eigenvalue weighted by Gasteiger charge is -2.26. The second kappa shape index (κ2) is 4.73. The Hall–Kier alpha value is -0.590. The first-order chi connectivity index (χ1) is 7.61. The summed E-state index contributed by atoms with van der Waals surface area (Å²) in [6, 6.07) is 3.05. The van der Waals surface area contributed by atoms with E-state index < -0.39 is 0 Å². The smallest absolute Gasteiger partial charge is 0.105 e. The Bertz CT molecular complexity index is 275. The van der Waals surface area contributed by atoms with Crippen LogP contribution in [0.5, 0.6) is 0 Å². The molecule has 0 heterocycles. The number of nitrogens with zero attached hydrogens (tertiary/aromatic N) is 2. The molecule has 0 bridgehead atoms. The van der Waals surface area contributed by atoms with Crippen molar-refractivity contribution in [2.75, 3.05) is 20.1 Å². The van der Waals surface area contributed by atoms with Gasteiger partial charge >= 0.3 is 0 Å². The van der Waals surface area contributed by atoms with Crippen molar-refractivity contribution in [1.82, 2.24) is 10.2 Å². The van der Waals surface area contributed by atoms with Crippen LogP contribution in [0.1, 0.15) is 39.0 Å². The third-order valence-electron chi connectivity index (χ3n) is 3.61. The summed E-state index contributed by atoms with van der Waals surface area (Å²) in [7, 11) is 2.17. The van der Waals surface area contributed by atoms with Crippen molar-refractivity contribution in [3.05, 3.63) is 0 Å². The van der Waals surface area contributed by atoms with Crippen LogP contribution in [-0.4, -0.2) is 36.6 Å². The van der Waals surface area contributed by atoms with E-state index in [1.807, 2.05) is 6.92 Å². The average Bonchev–Trinajstić information content (AvgIpc) is 3.11. The summed E-state index contributed by atoms with van der Waals surface area (Å²) in [6.45, 7) is 4.28. The van der Waals surface area contributed by atoms with Gasteiger partial charge in [0.05, 0.1) is 6.07 Å². The van der Waals surface area contributed by atoms with E-state index in [1.54, 1.807) is 0 Å². The van der Waals surface area contributed by atoms with Crippen LogP contribution < -0.4 is 5.32 Å². The van der Waals surface area contributed by atoms with Crippen molar-refractivity contribution in [3.8, 4) is 6.07 Å². The largest absolute Gasteiger partial charge is 0.306 e. The molecule has 0 aromatic rings. The van der Waals surface area contributed by atoms with Gasteiger partial charge in [0.1, 0.15) is 5.54 Å². The van der Waals surface area contributed by atoms with E-state index in [-0.39, 0.29) is 5.54 Å². The Kier molecular flexibility index (Phi) is 3.51. The zero-order chi connectivity index (χ0) is 11.6. The Balaban J connectivity index is 1.70. The van der Waals surface area contributed by atoms with Crippen LogP contribution in [0.3, 0.4) is 0 Å². The van der Waals surface area contributed by atoms with E-state index in [1.165, 1.54) is 32.2 Å². The Morgan fingerprint density at radius 3 is 2.56 bits per heavy atom. The highest BCUT2D eigenvalue weighted by molar-refractivity contribution is 5.07. The van der Waals surface area contributed by atoms with Gasteiger partial charge < -0.3 is 4.90 Å². The van der Waals surface area contributed by atoms with Crippen LogP contribution in [0.2, 0.25) is 0 Å². The molecule has 0 spiro atoms. The fourth-order valence-corrected chi connectivity index (χ4v) is 2.09. The predicted molar refractivity (Wildman–Crippen MR) is 65.0 cm³/mol. The van der Waals surface area contributed by atoms with Crippen LogP contribution >= 0.6 is 0 Å². The maximum Gasteiger partial charge on any atom is 0.105 e. The summed E-state index contributed by atoms with van der Waals surface area (Å²) >= 11 is 0. The molecule has 0 saturated heterocycles. The maximum absolute atomic E-state index is 9.24. The third-order valence-corrected chi connectivity index (χ3v) is 3.61. The minimum Gasteiger partial charge on any atom is -0.306 e. The fourth-order valence-electron chi connectivity index (χ4n) is 2.09. The molecule has 16 heavy (non-hydrogen) atoms. The molecule has 3 nitrogen and oxygen atoms in total. The van der Waals surface area contributed by atoms with Crippen molar-refractivity contribution >= 4 is 0 Å². The lowest BCUT2D eigenvalue weighted by molar-refractivity contribution is 0.278. The molecule has 2 aliphatic carbocycles. The molecular formula is C13H23N3. The maximum atomic E-state index is 9.24. The molecule has 2 aliphatic rings. The molecule has 0 aromatic heterocycles. The molecule has 90 valence electrons. The van der Waals surface area contributed by atoms with E-state index in [0.29, 0.717) is 6.04 Å². The van der Waals surface area contributed by atoms with Crippen molar-refractivity contribution in [2.24, 2.45) is 5.92 Å². The highest BCUT2D eigenvalue weighted by Gasteiger charge is 2.32. The average molecular weight is 221 g/mol. The van der Waals surface area contributed by atoms with Crippen LogP contribution in [0, 0.1) is 17.2 Å². The van der Waals surface area contributed by atoms with Gasteiger partial charge in [0.15, 0.2) is 0 Å². The normalized spacial score (nSPS) is 24.1. The van der Waals surface area contributed by atoms with Crippen LogP contribution in [0.4, 0.5) is 0 Å². The highest BCUT2D eigenvalue weighted by Crippen LogP contribution is 2.29. The molecule has 2 fully saturated rings. The van der Waals surface area contributed by atoms with Gasteiger partial charge in [-0.05, 0) is 52.0 Å². The van der Waals surface area contributed by atoms with Crippen molar-refractivity contribution < 1.29 is 0 Å². The molecule has 1 atom stereocenters. The van der Waals surface area contributed by atoms with Gasteiger partial charge in [-0.2, -0.15) is 5.26 Å². The highest BCUT2D eigenvalue weighted by atomic mass is 15.1. The summed E-state index contributed by atoms with van der Waals surface area (Å²) in [5.74, 6) is 0.940. The van der Waals surface area contributed by atoms with Crippen LogP contribution in [0.15, 0.2) is 0 Å². The molecule has 1 unspecified atom stereocenters. The standard InChI is InChI=1S/C13H23N3/c1-13(10-14,15-12-5-6-12)7-8-16(2)9-11-3-4-11/h11-12,15H,3-9H2,1-2H3. The quantitative estimate of drug-likeness (QED) is 0.712. The fraction of sp³-hybridized carbons (Fsp3) is 0.923. The SMILES string of the molecule is CN(CCC(C)(C#N)NC1CC1)CC1CC1. The zero-order valence-electron chi connectivity index (χ0n) is 10.5. The van der Waals surface area contributed by atoms with Gasteiger partial charge in [-0.1, -0.05) is 0 Å². The third kappa shape index (κ3) is 3.77. The topological polar surface area (TPSA) is 39.1 Å². The van der Waals surface area contributed by atoms with Crippen LogP contribution in [-0.2, 0) is 0 Å². The van der Waals surface area contributed by atoms with Crippen LogP contribution in [0.25, 0.3) is 0 Å². The number of rotatable bonds is 7. The Morgan fingerprint density at radius 2 is 2.06 bits per heavy atom. The summed E-state index contributed by atoms with van der Waals surface area (Å²) in [4.78, 5) is 2.38. The van der Waals surface area contributed by atoms with E-state index in [4.69, 9.17) is 0 Å². The van der Waals surface area contributed by atoms with Crippen molar-refractivity contribution in [2.45, 2.75) is 50.6 Å². The summed E-state index contributed by atoms with van der Waals surface area (Å²) in [5.41, 5.74) is -0.320. The molecule has 3 heteroatoms. The second-order valence-corrected chi connectivity index (χ2v) is 5.82. The number of hydrogen-bond acceptors (Lipinski definition) is 3. The number of hydrogen-bond donors (Lipinski definition) is 1. The molecule has 1 N–H and O–H groups in total. The van der Waals surface area contributed by atoms with Gasteiger partial charge in [0.2, 0.25) is 0 Å². The summed E-state index contributed by atoms with van der Waals surface area (Å²) in [6.07, 6.45) is 6.23. The molecule has 2 rings (SSSR count). The molecule has 0 aliphatic heterocycles. The zero-order valence-corrected chi connectivity index (χ0v) is 10.5. The molecule has 0 aromatic carbocycles. The van der Waals surface area contributed by atoms with E-state index >= 15 is 0 Å². The summed E-state index contributed by atoms with van der Waals surface area (Å²) < 4.78 is 0. The molecule has 2 saturated carbocycles. The number of nitrogens with one attached hydrogen (secondary N) is 1. The Morgan fingerprint density at radius 1 is 1.38 bits per heavy atom. The first-order valence-corrected chi connectivity index (χ1v) is 6.49. The molecule has 0 amide bonds. The predicted octanol–water partition coefficient (Wildman–Crippen LogP) is 1.75. The van der Waals surface area contributed by atoms with Crippen molar-refractivity contribution in [1.29, 1.82) is 5.26 Å². The van der Waals surface area contributed by atoms with Gasteiger partial charge in [-0.3, -0.25) is 5.32 Å². The number of nitriles is 1. The minimum atomic E-state index is -0.320. The van der Waals surface area contributed by atoms with Gasteiger partial charge in [0.25, 0.3) is 0 Å². The second-order valence-electron chi connectivity index (χ2n) is 5.82. The van der Waals surface area contributed by atoms with Crippen molar-refractivity contribution in [3.63, 3.8) is 0 Å². The minimum absolute atomic E-state index is 0.320.